The number of thiazole rings is 1. The largest absolute Gasteiger partial charge is 0.444 e. The smallest absolute Gasteiger partial charge is 0.408 e. The van der Waals surface area contributed by atoms with Crippen LogP contribution in [0.4, 0.5) is 4.79 Å². The second kappa shape index (κ2) is 9.47. The van der Waals surface area contributed by atoms with Crippen LogP contribution in [0.25, 0.3) is 10.2 Å². The van der Waals surface area contributed by atoms with Crippen molar-refractivity contribution in [1.82, 2.24) is 20.1 Å². The molecule has 0 spiro atoms. The second-order valence-electron chi connectivity index (χ2n) is 10.1. The summed E-state index contributed by atoms with van der Waals surface area (Å²) in [6.45, 7) is 7.73. The summed E-state index contributed by atoms with van der Waals surface area (Å²) in [5, 5.41) is 3.22. The van der Waals surface area contributed by atoms with E-state index < -0.39 is 11.7 Å². The van der Waals surface area contributed by atoms with Gasteiger partial charge < -0.3 is 19.7 Å². The number of piperazine rings is 1. The molecule has 0 saturated carbocycles. The lowest BCUT2D eigenvalue weighted by Crippen LogP contribution is -2.51. The molecule has 0 radical (unpaired) electrons. The van der Waals surface area contributed by atoms with Gasteiger partial charge in [0.1, 0.15) is 17.9 Å². The van der Waals surface area contributed by atoms with Gasteiger partial charge in [-0.05, 0) is 57.0 Å². The van der Waals surface area contributed by atoms with Gasteiger partial charge in [-0.25, -0.2) is 9.78 Å². The van der Waals surface area contributed by atoms with Crippen LogP contribution in [0, 0.1) is 0 Å². The van der Waals surface area contributed by atoms with Gasteiger partial charge >= 0.3 is 6.09 Å². The van der Waals surface area contributed by atoms with E-state index in [-0.39, 0.29) is 18.5 Å². The standard InChI is InChI=1S/C26H30N4O4S/c1-26(2,3)34-24(32)27-13-23(31)30-16-18-12-19(30)15-29(18)14-17-8-10-20(11-9-17)33-25-28-21-6-4-5-7-22(21)35-25/h4-11,18-19H,12-16H2,1-3H3,(H,27,32)/t18-,19+/m1/s1. The Labute approximate surface area is 208 Å². The van der Waals surface area contributed by atoms with Crippen molar-refractivity contribution >= 4 is 33.6 Å². The zero-order chi connectivity index (χ0) is 24.6. The number of para-hydroxylation sites is 1. The number of hydrogen-bond donors (Lipinski definition) is 1. The summed E-state index contributed by atoms with van der Waals surface area (Å²) in [4.78, 5) is 33.3. The van der Waals surface area contributed by atoms with Crippen molar-refractivity contribution in [1.29, 1.82) is 0 Å². The first-order valence-corrected chi connectivity index (χ1v) is 12.7. The van der Waals surface area contributed by atoms with Gasteiger partial charge in [-0.2, -0.15) is 0 Å². The van der Waals surface area contributed by atoms with E-state index in [4.69, 9.17) is 9.47 Å². The van der Waals surface area contributed by atoms with Crippen LogP contribution in [0.5, 0.6) is 10.9 Å². The maximum absolute atomic E-state index is 12.6. The Bertz CT molecular complexity index is 1190. The van der Waals surface area contributed by atoms with Gasteiger partial charge in [-0.15, -0.1) is 0 Å². The van der Waals surface area contributed by atoms with Crippen molar-refractivity contribution in [3.63, 3.8) is 0 Å². The summed E-state index contributed by atoms with van der Waals surface area (Å²) in [7, 11) is 0. The lowest BCUT2D eigenvalue weighted by atomic mass is 10.2. The fourth-order valence-corrected chi connectivity index (χ4v) is 5.54. The normalized spacial score (nSPS) is 19.8. The summed E-state index contributed by atoms with van der Waals surface area (Å²) in [6, 6.07) is 16.7. The van der Waals surface area contributed by atoms with E-state index >= 15 is 0 Å². The molecule has 2 fully saturated rings. The minimum absolute atomic E-state index is 0.0335. The summed E-state index contributed by atoms with van der Waals surface area (Å²) in [5.41, 5.74) is 1.57. The van der Waals surface area contributed by atoms with Crippen LogP contribution in [0.15, 0.2) is 48.5 Å². The van der Waals surface area contributed by atoms with Crippen LogP contribution < -0.4 is 10.1 Å². The van der Waals surface area contributed by atoms with Crippen LogP contribution in [-0.4, -0.2) is 64.1 Å². The summed E-state index contributed by atoms with van der Waals surface area (Å²) in [5.74, 6) is 0.712. The van der Waals surface area contributed by atoms with E-state index in [0.717, 1.165) is 35.5 Å². The molecule has 8 nitrogen and oxygen atoms in total. The zero-order valence-electron chi connectivity index (χ0n) is 20.2. The first kappa shape index (κ1) is 23.6. The maximum Gasteiger partial charge on any atom is 0.408 e. The highest BCUT2D eigenvalue weighted by Crippen LogP contribution is 2.33. The SMILES string of the molecule is CC(C)(C)OC(=O)NCC(=O)N1C[C@H]2C[C@H]1CN2Cc1ccc(Oc2nc3ccccc3s2)cc1. The number of likely N-dealkylation sites (tertiary alicyclic amines) is 2. The van der Waals surface area contributed by atoms with E-state index in [1.807, 2.05) is 41.3 Å². The minimum atomic E-state index is -0.583. The number of amides is 2. The molecule has 0 aliphatic carbocycles. The molecule has 3 aromatic rings. The van der Waals surface area contributed by atoms with E-state index in [0.29, 0.717) is 17.8 Å². The molecule has 0 unspecified atom stereocenters. The molecule has 1 aromatic heterocycles. The quantitative estimate of drug-likeness (QED) is 0.547. The summed E-state index contributed by atoms with van der Waals surface area (Å²) < 4.78 is 12.3. The fourth-order valence-electron chi connectivity index (χ4n) is 4.70. The average molecular weight is 495 g/mol. The van der Waals surface area contributed by atoms with E-state index in [9.17, 15) is 9.59 Å². The molecule has 2 atom stereocenters. The van der Waals surface area contributed by atoms with Crippen LogP contribution >= 0.6 is 11.3 Å². The highest BCUT2D eigenvalue weighted by Gasteiger charge is 2.44. The number of aromatic nitrogens is 1. The summed E-state index contributed by atoms with van der Waals surface area (Å²) >= 11 is 1.54. The number of carbonyl (C=O) groups excluding carboxylic acids is 2. The van der Waals surface area contributed by atoms with Crippen molar-refractivity contribution in [2.45, 2.75) is 51.4 Å². The van der Waals surface area contributed by atoms with E-state index in [2.05, 4.69) is 27.3 Å². The number of nitrogens with zero attached hydrogens (tertiary/aromatic N) is 3. The zero-order valence-corrected chi connectivity index (χ0v) is 21.0. The van der Waals surface area contributed by atoms with Gasteiger partial charge in [0, 0.05) is 31.7 Å². The Morgan fingerprint density at radius 2 is 1.86 bits per heavy atom. The number of carbonyl (C=O) groups is 2. The maximum atomic E-state index is 12.6. The van der Waals surface area contributed by atoms with Crippen molar-refractivity contribution in [2.24, 2.45) is 0 Å². The molecule has 2 amide bonds. The summed E-state index contributed by atoms with van der Waals surface area (Å²) in [6.07, 6.45) is 0.407. The van der Waals surface area contributed by atoms with Crippen LogP contribution in [0.1, 0.15) is 32.8 Å². The first-order valence-electron chi connectivity index (χ1n) is 11.9. The molecule has 1 N–H and O–H groups in total. The third kappa shape index (κ3) is 5.57. The molecule has 2 aliphatic rings. The number of fused-ring (bicyclic) bond motifs is 3. The molecule has 3 heterocycles. The average Bonchev–Trinajstić information content (AvgIpc) is 3.51. The van der Waals surface area contributed by atoms with Gasteiger partial charge in [0.2, 0.25) is 5.91 Å². The predicted molar refractivity (Wildman–Crippen MR) is 135 cm³/mol. The number of hydrogen-bond acceptors (Lipinski definition) is 7. The van der Waals surface area contributed by atoms with Crippen molar-refractivity contribution in [3.05, 3.63) is 54.1 Å². The van der Waals surface area contributed by atoms with Crippen molar-refractivity contribution < 1.29 is 19.1 Å². The first-order chi connectivity index (χ1) is 16.7. The number of rotatable bonds is 6. The number of benzene rings is 2. The number of ether oxygens (including phenoxy) is 2. The molecule has 5 rings (SSSR count). The number of alkyl carbamates (subject to hydrolysis) is 1. The number of nitrogens with one attached hydrogen (secondary N) is 1. The van der Waals surface area contributed by atoms with Crippen molar-refractivity contribution in [3.8, 4) is 10.9 Å². The molecule has 2 aliphatic heterocycles. The van der Waals surface area contributed by atoms with Gasteiger partial charge in [0.25, 0.3) is 5.19 Å². The Morgan fingerprint density at radius 3 is 2.54 bits per heavy atom. The topological polar surface area (TPSA) is 84.0 Å². The molecular formula is C26H30N4O4S. The van der Waals surface area contributed by atoms with Crippen molar-refractivity contribution in [2.75, 3.05) is 19.6 Å². The van der Waals surface area contributed by atoms with Gasteiger partial charge in [-0.1, -0.05) is 35.6 Å². The third-order valence-corrected chi connectivity index (χ3v) is 7.16. The molecule has 2 aromatic carbocycles. The Balaban J connectivity index is 1.10. The molecule has 2 saturated heterocycles. The molecule has 184 valence electrons. The minimum Gasteiger partial charge on any atom is -0.444 e. The van der Waals surface area contributed by atoms with E-state index in [1.54, 1.807) is 20.8 Å². The lowest BCUT2D eigenvalue weighted by molar-refractivity contribution is -0.132. The Hall–Kier alpha value is -3.17. The van der Waals surface area contributed by atoms with Gasteiger partial charge in [0.15, 0.2) is 0 Å². The highest BCUT2D eigenvalue weighted by molar-refractivity contribution is 7.20. The lowest BCUT2D eigenvalue weighted by Gasteiger charge is -2.34. The molecule has 2 bridgehead atoms. The second-order valence-corrected chi connectivity index (χ2v) is 11.1. The van der Waals surface area contributed by atoms with Crippen LogP contribution in [-0.2, 0) is 16.1 Å². The van der Waals surface area contributed by atoms with Crippen LogP contribution in [0.3, 0.4) is 0 Å². The molecule has 35 heavy (non-hydrogen) atoms. The molecule has 9 heteroatoms. The van der Waals surface area contributed by atoms with Gasteiger partial charge in [0.05, 0.1) is 10.2 Å². The Morgan fingerprint density at radius 1 is 1.09 bits per heavy atom. The monoisotopic (exact) mass is 494 g/mol. The third-order valence-electron chi connectivity index (χ3n) is 6.25. The van der Waals surface area contributed by atoms with E-state index in [1.165, 1.54) is 16.9 Å². The highest BCUT2D eigenvalue weighted by atomic mass is 32.1. The predicted octanol–water partition coefficient (Wildman–Crippen LogP) is 4.40. The fraction of sp³-hybridized carbons (Fsp3) is 0.423. The Kier molecular flexibility index (Phi) is 6.37. The molecular weight excluding hydrogens is 464 g/mol. The van der Waals surface area contributed by atoms with Crippen LogP contribution in [0.2, 0.25) is 0 Å². The van der Waals surface area contributed by atoms with Gasteiger partial charge in [-0.3, -0.25) is 9.69 Å².